The molecule has 0 unspecified atom stereocenters. The molecule has 4 rings (SSSR count). The maximum absolute atomic E-state index is 13.0. The topological polar surface area (TPSA) is 61.4 Å². The third-order valence-electron chi connectivity index (χ3n) is 5.76. The second-order valence-electron chi connectivity index (χ2n) is 7.30. The number of aryl methyl sites for hydroxylation is 1. The van der Waals surface area contributed by atoms with Crippen LogP contribution in [0.15, 0.2) is 54.6 Å². The van der Waals surface area contributed by atoms with Crippen molar-refractivity contribution in [3.05, 3.63) is 71.3 Å². The summed E-state index contributed by atoms with van der Waals surface area (Å²) in [4.78, 5) is 13.0. The molecule has 2 aromatic carbocycles. The first-order valence-corrected chi connectivity index (χ1v) is 8.95. The molecule has 1 amide bonds. The van der Waals surface area contributed by atoms with E-state index in [0.29, 0.717) is 35.4 Å². The fraction of sp³-hybridized carbons (Fsp3) is 0.381. The van der Waals surface area contributed by atoms with E-state index in [0.717, 1.165) is 18.7 Å². The van der Waals surface area contributed by atoms with Gasteiger partial charge in [-0.05, 0) is 48.9 Å². The lowest BCUT2D eigenvalue weighted by molar-refractivity contribution is -0.136. The Morgan fingerprint density at radius 3 is 2.32 bits per heavy atom. The van der Waals surface area contributed by atoms with Crippen LogP contribution in [0.4, 0.5) is 0 Å². The predicted molar refractivity (Wildman–Crippen MR) is 97.0 cm³/mol. The Morgan fingerprint density at radius 2 is 1.68 bits per heavy atom. The van der Waals surface area contributed by atoms with Gasteiger partial charge in [-0.1, -0.05) is 60.2 Å². The highest BCUT2D eigenvalue weighted by Gasteiger charge is 2.53. The number of nitrogens with one attached hydrogen (secondary N) is 2. The Balaban J connectivity index is 1.58. The van der Waals surface area contributed by atoms with Crippen LogP contribution < -0.4 is 10.6 Å². The van der Waals surface area contributed by atoms with Crippen LogP contribution >= 0.6 is 0 Å². The van der Waals surface area contributed by atoms with Gasteiger partial charge in [0.15, 0.2) is 5.60 Å². The van der Waals surface area contributed by atoms with E-state index < -0.39 is 5.60 Å². The average molecular weight is 336 g/mol. The third-order valence-corrected chi connectivity index (χ3v) is 5.76. The van der Waals surface area contributed by atoms with Crippen LogP contribution in [0.5, 0.6) is 0 Å². The summed E-state index contributed by atoms with van der Waals surface area (Å²) in [6, 6.07) is 16.7. The van der Waals surface area contributed by atoms with Gasteiger partial charge in [0, 0.05) is 6.54 Å². The Kier molecular flexibility index (Phi) is 4.10. The van der Waals surface area contributed by atoms with Gasteiger partial charge >= 0.3 is 0 Å². The standard InChI is InChI=1S/C21H24N2O2/c1-14-7-9-16(10-8-14)21(25,15-5-3-2-4-6-15)20(24)23-13-19-17-11-22-12-18(17)19/h2-10,17-19,22,25H,11-13H2,1H3,(H,23,24)/t17-,18+,19+,21-/m1/s1. The van der Waals surface area contributed by atoms with Crippen LogP contribution in [-0.2, 0) is 10.4 Å². The summed E-state index contributed by atoms with van der Waals surface area (Å²) in [5.41, 5.74) is 0.614. The summed E-state index contributed by atoms with van der Waals surface area (Å²) in [6.07, 6.45) is 0. The molecule has 1 saturated carbocycles. The van der Waals surface area contributed by atoms with Gasteiger partial charge in [0.1, 0.15) is 0 Å². The molecule has 2 aromatic rings. The number of hydrogen-bond acceptors (Lipinski definition) is 3. The molecule has 4 nitrogen and oxygen atoms in total. The zero-order valence-electron chi connectivity index (χ0n) is 14.4. The molecule has 3 N–H and O–H groups in total. The fourth-order valence-electron chi connectivity index (χ4n) is 4.09. The molecule has 25 heavy (non-hydrogen) atoms. The lowest BCUT2D eigenvalue weighted by Crippen LogP contribution is -2.46. The van der Waals surface area contributed by atoms with Crippen molar-refractivity contribution in [1.29, 1.82) is 0 Å². The molecule has 1 heterocycles. The molecule has 1 saturated heterocycles. The molecular formula is C21H24N2O2. The van der Waals surface area contributed by atoms with Gasteiger partial charge < -0.3 is 15.7 Å². The molecule has 0 aromatic heterocycles. The number of fused-ring (bicyclic) bond motifs is 1. The largest absolute Gasteiger partial charge is 0.372 e. The van der Waals surface area contributed by atoms with E-state index in [1.807, 2.05) is 49.4 Å². The Morgan fingerprint density at radius 1 is 1.08 bits per heavy atom. The van der Waals surface area contributed by atoms with Crippen molar-refractivity contribution in [3.8, 4) is 0 Å². The van der Waals surface area contributed by atoms with E-state index in [-0.39, 0.29) is 5.91 Å². The first-order chi connectivity index (χ1) is 12.1. The molecule has 4 atom stereocenters. The summed E-state index contributed by atoms with van der Waals surface area (Å²) in [5, 5.41) is 17.8. The molecular weight excluding hydrogens is 312 g/mol. The summed E-state index contributed by atoms with van der Waals surface area (Å²) < 4.78 is 0. The third kappa shape index (κ3) is 2.86. The van der Waals surface area contributed by atoms with Gasteiger partial charge in [-0.3, -0.25) is 4.79 Å². The van der Waals surface area contributed by atoms with Gasteiger partial charge in [0.2, 0.25) is 0 Å². The number of aliphatic hydroxyl groups is 1. The number of benzene rings is 2. The zero-order chi connectivity index (χ0) is 17.4. The molecule has 0 bridgehead atoms. The summed E-state index contributed by atoms with van der Waals surface area (Å²) in [5.74, 6) is 1.57. The monoisotopic (exact) mass is 336 g/mol. The van der Waals surface area contributed by atoms with Crippen LogP contribution in [-0.4, -0.2) is 30.6 Å². The molecule has 1 aliphatic heterocycles. The highest BCUT2D eigenvalue weighted by Crippen LogP contribution is 2.48. The first kappa shape index (κ1) is 16.3. The van der Waals surface area contributed by atoms with Crippen molar-refractivity contribution in [2.75, 3.05) is 19.6 Å². The molecule has 2 aliphatic rings. The normalized spacial score (nSPS) is 26.6. The van der Waals surface area contributed by atoms with Gasteiger partial charge in [0.25, 0.3) is 5.91 Å². The quantitative estimate of drug-likeness (QED) is 0.780. The van der Waals surface area contributed by atoms with Crippen LogP contribution in [0.25, 0.3) is 0 Å². The smallest absolute Gasteiger partial charge is 0.261 e. The minimum absolute atomic E-state index is 0.347. The van der Waals surface area contributed by atoms with Gasteiger partial charge in [-0.25, -0.2) is 0 Å². The molecule has 130 valence electrons. The molecule has 4 heteroatoms. The van der Waals surface area contributed by atoms with Crippen LogP contribution in [0.2, 0.25) is 0 Å². The Hall–Kier alpha value is -2.17. The number of carbonyl (C=O) groups excluding carboxylic acids is 1. The second kappa shape index (κ2) is 6.28. The Labute approximate surface area is 148 Å². The molecule has 0 radical (unpaired) electrons. The highest BCUT2D eigenvalue weighted by atomic mass is 16.3. The van der Waals surface area contributed by atoms with Crippen LogP contribution in [0.1, 0.15) is 16.7 Å². The number of piperidine rings is 1. The lowest BCUT2D eigenvalue weighted by atomic mass is 9.85. The van der Waals surface area contributed by atoms with E-state index in [2.05, 4.69) is 10.6 Å². The molecule has 1 aliphatic carbocycles. The van der Waals surface area contributed by atoms with E-state index >= 15 is 0 Å². The average Bonchev–Trinajstić information content (AvgIpc) is 3.07. The van der Waals surface area contributed by atoms with Crippen molar-refractivity contribution in [2.24, 2.45) is 17.8 Å². The summed E-state index contributed by atoms with van der Waals surface area (Å²) >= 11 is 0. The SMILES string of the molecule is Cc1ccc([C@@](O)(C(=O)NC[C@H]2[C@@H]3CNC[C@@H]32)c2ccccc2)cc1. The lowest BCUT2D eigenvalue weighted by Gasteiger charge is -2.28. The second-order valence-corrected chi connectivity index (χ2v) is 7.30. The van der Waals surface area contributed by atoms with Gasteiger partial charge in [0.05, 0.1) is 0 Å². The minimum Gasteiger partial charge on any atom is -0.372 e. The van der Waals surface area contributed by atoms with Crippen molar-refractivity contribution >= 4 is 5.91 Å². The van der Waals surface area contributed by atoms with Gasteiger partial charge in [-0.15, -0.1) is 0 Å². The fourth-order valence-corrected chi connectivity index (χ4v) is 4.09. The zero-order valence-corrected chi connectivity index (χ0v) is 14.4. The maximum Gasteiger partial charge on any atom is 0.261 e. The maximum atomic E-state index is 13.0. The van der Waals surface area contributed by atoms with E-state index in [9.17, 15) is 9.90 Å². The van der Waals surface area contributed by atoms with Crippen molar-refractivity contribution in [2.45, 2.75) is 12.5 Å². The minimum atomic E-state index is -1.67. The van der Waals surface area contributed by atoms with Crippen molar-refractivity contribution in [3.63, 3.8) is 0 Å². The predicted octanol–water partition coefficient (Wildman–Crippen LogP) is 1.81. The number of carbonyl (C=O) groups is 1. The Bertz CT molecular complexity index is 749. The van der Waals surface area contributed by atoms with E-state index in [1.165, 1.54) is 0 Å². The van der Waals surface area contributed by atoms with Crippen molar-refractivity contribution < 1.29 is 9.90 Å². The van der Waals surface area contributed by atoms with Crippen LogP contribution in [0, 0.1) is 24.7 Å². The molecule has 0 spiro atoms. The number of rotatable bonds is 5. The van der Waals surface area contributed by atoms with Gasteiger partial charge in [-0.2, -0.15) is 0 Å². The first-order valence-electron chi connectivity index (χ1n) is 8.95. The highest BCUT2D eigenvalue weighted by molar-refractivity contribution is 5.90. The summed E-state index contributed by atoms with van der Waals surface area (Å²) in [6.45, 7) is 4.72. The molecule has 2 fully saturated rings. The summed E-state index contributed by atoms with van der Waals surface area (Å²) in [7, 11) is 0. The van der Waals surface area contributed by atoms with E-state index in [1.54, 1.807) is 12.1 Å². The number of amides is 1. The number of hydrogen-bond donors (Lipinski definition) is 3. The van der Waals surface area contributed by atoms with Crippen LogP contribution in [0.3, 0.4) is 0 Å². The van der Waals surface area contributed by atoms with E-state index in [4.69, 9.17) is 0 Å². The van der Waals surface area contributed by atoms with Crippen molar-refractivity contribution in [1.82, 2.24) is 10.6 Å².